The van der Waals surface area contributed by atoms with Crippen LogP contribution in [0.5, 0.6) is 0 Å². The van der Waals surface area contributed by atoms with E-state index in [1.165, 1.54) is 24.0 Å². The lowest BCUT2D eigenvalue weighted by atomic mass is 9.98. The van der Waals surface area contributed by atoms with E-state index in [9.17, 15) is 0 Å². The standard InChI is InChI=1S/C18H29NO/c1-14(2)19-11-18(13-20-12-16-7-8-16)10-17-6-4-5-15(3)9-17/h4-6,9,14,16,18-19H,7-8,10-13H2,1-3H3. The Kier molecular flexibility index (Phi) is 6.06. The summed E-state index contributed by atoms with van der Waals surface area (Å²) in [5, 5.41) is 3.55. The summed E-state index contributed by atoms with van der Waals surface area (Å²) in [6, 6.07) is 9.38. The topological polar surface area (TPSA) is 21.3 Å². The molecule has 2 nitrogen and oxygen atoms in total. The van der Waals surface area contributed by atoms with Crippen LogP contribution in [0.15, 0.2) is 24.3 Å². The number of aryl methyl sites for hydroxylation is 1. The zero-order valence-corrected chi connectivity index (χ0v) is 13.2. The van der Waals surface area contributed by atoms with Crippen LogP contribution in [0.2, 0.25) is 0 Å². The van der Waals surface area contributed by atoms with E-state index in [4.69, 9.17) is 4.74 Å². The van der Waals surface area contributed by atoms with Crippen LogP contribution in [-0.4, -0.2) is 25.8 Å². The van der Waals surface area contributed by atoms with Gasteiger partial charge in [-0.25, -0.2) is 0 Å². The van der Waals surface area contributed by atoms with Gasteiger partial charge in [0.15, 0.2) is 0 Å². The normalized spacial score (nSPS) is 16.6. The van der Waals surface area contributed by atoms with Crippen LogP contribution in [0, 0.1) is 18.8 Å². The van der Waals surface area contributed by atoms with Crippen LogP contribution in [0.25, 0.3) is 0 Å². The van der Waals surface area contributed by atoms with Gasteiger partial charge in [0.1, 0.15) is 0 Å². The van der Waals surface area contributed by atoms with E-state index in [0.717, 1.165) is 32.1 Å². The first-order chi connectivity index (χ1) is 9.63. The van der Waals surface area contributed by atoms with Crippen molar-refractivity contribution in [1.29, 1.82) is 0 Å². The van der Waals surface area contributed by atoms with Crippen molar-refractivity contribution in [1.82, 2.24) is 5.32 Å². The predicted octanol–water partition coefficient (Wildman–Crippen LogP) is 3.58. The molecule has 1 fully saturated rings. The highest BCUT2D eigenvalue weighted by Crippen LogP contribution is 2.29. The maximum Gasteiger partial charge on any atom is 0.0509 e. The Bertz CT molecular complexity index is 398. The molecule has 0 heterocycles. The monoisotopic (exact) mass is 275 g/mol. The first-order valence-corrected chi connectivity index (χ1v) is 8.00. The molecule has 1 aromatic rings. The third-order valence-electron chi connectivity index (χ3n) is 3.83. The molecular weight excluding hydrogens is 246 g/mol. The minimum Gasteiger partial charge on any atom is -0.381 e. The Hall–Kier alpha value is -0.860. The van der Waals surface area contributed by atoms with Crippen molar-refractivity contribution >= 4 is 0 Å². The average Bonchev–Trinajstić information content (AvgIpc) is 3.20. The fraction of sp³-hybridized carbons (Fsp3) is 0.667. The first-order valence-electron chi connectivity index (χ1n) is 8.00. The van der Waals surface area contributed by atoms with Gasteiger partial charge < -0.3 is 10.1 Å². The average molecular weight is 275 g/mol. The van der Waals surface area contributed by atoms with Gasteiger partial charge in [0.05, 0.1) is 6.61 Å². The molecule has 2 rings (SSSR count). The lowest BCUT2D eigenvalue weighted by Crippen LogP contribution is -2.32. The summed E-state index contributed by atoms with van der Waals surface area (Å²) >= 11 is 0. The van der Waals surface area contributed by atoms with E-state index < -0.39 is 0 Å². The summed E-state index contributed by atoms with van der Waals surface area (Å²) in [4.78, 5) is 0. The molecule has 1 atom stereocenters. The number of benzene rings is 1. The van der Waals surface area contributed by atoms with Gasteiger partial charge in [-0.15, -0.1) is 0 Å². The SMILES string of the molecule is Cc1cccc(CC(CNC(C)C)COCC2CC2)c1. The second-order valence-electron chi connectivity index (χ2n) is 6.60. The highest BCUT2D eigenvalue weighted by Gasteiger charge is 2.22. The molecule has 1 unspecified atom stereocenters. The maximum absolute atomic E-state index is 5.91. The van der Waals surface area contributed by atoms with Crippen LogP contribution in [0.3, 0.4) is 0 Å². The Morgan fingerprint density at radius 1 is 1.30 bits per heavy atom. The van der Waals surface area contributed by atoms with Crippen molar-refractivity contribution in [3.05, 3.63) is 35.4 Å². The maximum atomic E-state index is 5.91. The smallest absolute Gasteiger partial charge is 0.0509 e. The van der Waals surface area contributed by atoms with Crippen LogP contribution < -0.4 is 5.32 Å². The number of rotatable bonds is 9. The molecule has 0 aliphatic heterocycles. The fourth-order valence-electron chi connectivity index (χ4n) is 2.45. The van der Waals surface area contributed by atoms with Gasteiger partial charge in [-0.3, -0.25) is 0 Å². The predicted molar refractivity (Wildman–Crippen MR) is 85.1 cm³/mol. The molecule has 1 aromatic carbocycles. The van der Waals surface area contributed by atoms with Crippen LogP contribution in [0.1, 0.15) is 37.8 Å². The first kappa shape index (κ1) is 15.5. The molecule has 0 bridgehead atoms. The molecule has 0 radical (unpaired) electrons. The molecule has 112 valence electrons. The molecule has 1 aliphatic carbocycles. The number of ether oxygens (including phenoxy) is 1. The summed E-state index contributed by atoms with van der Waals surface area (Å²) in [6.45, 7) is 9.45. The van der Waals surface area contributed by atoms with Crippen molar-refractivity contribution in [3.63, 3.8) is 0 Å². The lowest BCUT2D eigenvalue weighted by Gasteiger charge is -2.20. The minimum atomic E-state index is 0.540. The van der Waals surface area contributed by atoms with Gasteiger partial charge in [-0.2, -0.15) is 0 Å². The zero-order chi connectivity index (χ0) is 14.4. The molecular formula is C18H29NO. The summed E-state index contributed by atoms with van der Waals surface area (Å²) in [5.41, 5.74) is 2.77. The lowest BCUT2D eigenvalue weighted by molar-refractivity contribution is 0.0900. The van der Waals surface area contributed by atoms with E-state index in [0.29, 0.717) is 12.0 Å². The summed E-state index contributed by atoms with van der Waals surface area (Å²) < 4.78 is 5.91. The molecule has 0 spiro atoms. The van der Waals surface area contributed by atoms with Gasteiger partial charge in [0.25, 0.3) is 0 Å². The minimum absolute atomic E-state index is 0.540. The summed E-state index contributed by atoms with van der Waals surface area (Å²) in [7, 11) is 0. The van der Waals surface area contributed by atoms with Crippen LogP contribution >= 0.6 is 0 Å². The molecule has 2 heteroatoms. The molecule has 0 amide bonds. The van der Waals surface area contributed by atoms with E-state index in [-0.39, 0.29) is 0 Å². The Balaban J connectivity index is 1.82. The number of hydrogen-bond acceptors (Lipinski definition) is 2. The van der Waals surface area contributed by atoms with E-state index in [2.05, 4.69) is 50.4 Å². The molecule has 0 aromatic heterocycles. The Morgan fingerprint density at radius 3 is 2.75 bits per heavy atom. The highest BCUT2D eigenvalue weighted by atomic mass is 16.5. The number of hydrogen-bond donors (Lipinski definition) is 1. The van der Waals surface area contributed by atoms with Gasteiger partial charge >= 0.3 is 0 Å². The number of nitrogens with one attached hydrogen (secondary N) is 1. The van der Waals surface area contributed by atoms with Crippen molar-refractivity contribution in [2.24, 2.45) is 11.8 Å². The quantitative estimate of drug-likeness (QED) is 0.744. The Morgan fingerprint density at radius 2 is 2.10 bits per heavy atom. The van der Waals surface area contributed by atoms with Crippen molar-refractivity contribution in [2.75, 3.05) is 19.8 Å². The molecule has 1 N–H and O–H groups in total. The largest absolute Gasteiger partial charge is 0.381 e. The summed E-state index contributed by atoms with van der Waals surface area (Å²) in [5.74, 6) is 1.42. The van der Waals surface area contributed by atoms with Gasteiger partial charge in [0, 0.05) is 19.2 Å². The highest BCUT2D eigenvalue weighted by molar-refractivity contribution is 5.22. The second-order valence-corrected chi connectivity index (χ2v) is 6.60. The van der Waals surface area contributed by atoms with Crippen molar-refractivity contribution < 1.29 is 4.74 Å². The van der Waals surface area contributed by atoms with Crippen molar-refractivity contribution in [2.45, 2.75) is 46.1 Å². The van der Waals surface area contributed by atoms with Crippen LogP contribution in [0.4, 0.5) is 0 Å². The summed E-state index contributed by atoms with van der Waals surface area (Å²) in [6.07, 6.45) is 3.84. The second kappa shape index (κ2) is 7.80. The molecule has 0 saturated heterocycles. The zero-order valence-electron chi connectivity index (χ0n) is 13.2. The van der Waals surface area contributed by atoms with Gasteiger partial charge in [-0.1, -0.05) is 43.7 Å². The third kappa shape index (κ3) is 6.06. The third-order valence-corrected chi connectivity index (χ3v) is 3.83. The molecule has 20 heavy (non-hydrogen) atoms. The van der Waals surface area contributed by atoms with Gasteiger partial charge in [0.2, 0.25) is 0 Å². The van der Waals surface area contributed by atoms with E-state index in [1.54, 1.807) is 0 Å². The van der Waals surface area contributed by atoms with E-state index in [1.807, 2.05) is 0 Å². The van der Waals surface area contributed by atoms with Crippen molar-refractivity contribution in [3.8, 4) is 0 Å². The fourth-order valence-corrected chi connectivity index (χ4v) is 2.45. The van der Waals surface area contributed by atoms with Gasteiger partial charge in [-0.05, 0) is 43.6 Å². The molecule has 1 saturated carbocycles. The van der Waals surface area contributed by atoms with E-state index >= 15 is 0 Å². The Labute approximate surface area is 123 Å². The molecule has 1 aliphatic rings. The van der Waals surface area contributed by atoms with Crippen LogP contribution in [-0.2, 0) is 11.2 Å².